The second-order valence-corrected chi connectivity index (χ2v) is 9.83. The third-order valence-electron chi connectivity index (χ3n) is 6.12. The van der Waals surface area contributed by atoms with Crippen LogP contribution in [-0.2, 0) is 4.74 Å². The number of hydrogen-bond acceptors (Lipinski definition) is 8. The van der Waals surface area contributed by atoms with Gasteiger partial charge in [-0.2, -0.15) is 9.97 Å². The van der Waals surface area contributed by atoms with Crippen LogP contribution in [0.2, 0.25) is 0 Å². The number of aryl methyl sites for hydroxylation is 1. The minimum Gasteiger partial charge on any atom is -0.497 e. The minimum atomic E-state index is -0.320. The number of methoxy groups -OCH3 is 1. The molecule has 0 aromatic carbocycles. The molecule has 2 atom stereocenters. The van der Waals surface area contributed by atoms with E-state index in [9.17, 15) is 5.11 Å². The van der Waals surface area contributed by atoms with Crippen LogP contribution < -0.4 is 10.1 Å². The fourth-order valence-electron chi connectivity index (χ4n) is 3.92. The molecule has 0 spiro atoms. The van der Waals surface area contributed by atoms with Gasteiger partial charge in [-0.15, -0.1) is 11.8 Å². The molecular formula is C29H38N4O3S. The molecule has 198 valence electrons. The largest absolute Gasteiger partial charge is 0.497 e. The van der Waals surface area contributed by atoms with Gasteiger partial charge < -0.3 is 19.9 Å². The van der Waals surface area contributed by atoms with E-state index >= 15 is 0 Å². The van der Waals surface area contributed by atoms with E-state index < -0.39 is 0 Å². The molecule has 1 aromatic heterocycles. The van der Waals surface area contributed by atoms with Gasteiger partial charge in [-0.1, -0.05) is 50.3 Å². The van der Waals surface area contributed by atoms with Gasteiger partial charge in [-0.25, -0.2) is 4.99 Å². The number of nitrogens with zero attached hydrogens (tertiary/aromatic N) is 3. The Kier molecular flexibility index (Phi) is 11.2. The van der Waals surface area contributed by atoms with Crippen LogP contribution >= 0.6 is 11.8 Å². The summed E-state index contributed by atoms with van der Waals surface area (Å²) in [6.07, 6.45) is 17.8. The molecule has 0 saturated heterocycles. The van der Waals surface area contributed by atoms with Crippen molar-refractivity contribution in [2.75, 3.05) is 31.3 Å². The van der Waals surface area contributed by atoms with Gasteiger partial charge in [0.2, 0.25) is 0 Å². The molecule has 2 unspecified atom stereocenters. The highest BCUT2D eigenvalue weighted by Crippen LogP contribution is 2.33. The molecule has 2 aliphatic rings. The predicted octanol–water partition coefficient (Wildman–Crippen LogP) is 5.91. The average molecular weight is 523 g/mol. The second-order valence-electron chi connectivity index (χ2n) is 8.86. The second kappa shape index (κ2) is 14.6. The Morgan fingerprint density at radius 3 is 2.89 bits per heavy atom. The van der Waals surface area contributed by atoms with Crippen LogP contribution in [0, 0.1) is 12.8 Å². The third-order valence-corrected chi connectivity index (χ3v) is 7.18. The van der Waals surface area contributed by atoms with Gasteiger partial charge >= 0.3 is 6.01 Å². The van der Waals surface area contributed by atoms with Gasteiger partial charge in [0.15, 0.2) is 0 Å². The molecule has 1 aromatic rings. The highest BCUT2D eigenvalue weighted by atomic mass is 32.2. The van der Waals surface area contributed by atoms with Crippen molar-refractivity contribution >= 4 is 22.6 Å². The van der Waals surface area contributed by atoms with E-state index in [1.165, 1.54) is 5.57 Å². The van der Waals surface area contributed by atoms with E-state index in [1.807, 2.05) is 32.1 Å². The van der Waals surface area contributed by atoms with E-state index in [1.54, 1.807) is 31.0 Å². The first-order chi connectivity index (χ1) is 18.0. The van der Waals surface area contributed by atoms with Gasteiger partial charge in [-0.3, -0.25) is 0 Å². The van der Waals surface area contributed by atoms with Gasteiger partial charge in [0.1, 0.15) is 22.7 Å². The van der Waals surface area contributed by atoms with Crippen LogP contribution in [0.3, 0.4) is 0 Å². The number of nitrogens with one attached hydrogen (secondary N) is 1. The average Bonchev–Trinajstić information content (AvgIpc) is 3.14. The first kappa shape index (κ1) is 28.5. The quantitative estimate of drug-likeness (QED) is 0.246. The molecule has 1 aliphatic heterocycles. The number of aromatic nitrogens is 2. The van der Waals surface area contributed by atoms with Crippen LogP contribution in [-0.4, -0.2) is 52.2 Å². The number of rotatable bonds is 13. The van der Waals surface area contributed by atoms with Crippen molar-refractivity contribution in [3.05, 3.63) is 83.5 Å². The van der Waals surface area contributed by atoms with Gasteiger partial charge in [0, 0.05) is 18.9 Å². The van der Waals surface area contributed by atoms with Gasteiger partial charge in [0.25, 0.3) is 0 Å². The lowest BCUT2D eigenvalue weighted by molar-refractivity contribution is 0.217. The Bertz CT molecular complexity index is 1130. The highest BCUT2D eigenvalue weighted by molar-refractivity contribution is 8.14. The van der Waals surface area contributed by atoms with Crippen molar-refractivity contribution in [2.45, 2.75) is 46.1 Å². The number of aliphatic imine (C=N–C) groups is 1. The van der Waals surface area contributed by atoms with Crippen molar-refractivity contribution in [1.29, 1.82) is 0 Å². The summed E-state index contributed by atoms with van der Waals surface area (Å²) in [7, 11) is 1.61. The molecule has 0 amide bonds. The lowest BCUT2D eigenvalue weighted by Crippen LogP contribution is -2.19. The van der Waals surface area contributed by atoms with Crippen molar-refractivity contribution in [2.24, 2.45) is 10.9 Å². The molecule has 0 saturated carbocycles. The highest BCUT2D eigenvalue weighted by Gasteiger charge is 2.23. The number of aliphatic hydroxyl groups excluding tert-OH is 1. The standard InChI is InChI=1S/C29H38N4O3S/c1-6-8-13-24(35-5)17-20(3)36-29-31-21(4)26(27(33-29)30-16-15-22(7-2)18-34)28-32-25-14-11-9-10-12-23(25)19-37-28/h6,8-11,13-14,17,20,22,34H,1,7,12,15-16,18-19H2,2-5H3,(H,30,31,33)/b13-8-,24-17+. The Morgan fingerprint density at radius 1 is 1.32 bits per heavy atom. The fourth-order valence-corrected chi connectivity index (χ4v) is 5.05. The lowest BCUT2D eigenvalue weighted by atomic mass is 10.0. The maximum absolute atomic E-state index is 9.61. The molecule has 0 fully saturated rings. The fraction of sp³-hybridized carbons (Fsp3) is 0.414. The SMILES string of the molecule is C=C/C=C\C(=C/C(C)Oc1nc(C)c(C2=NC3=C(CC=CC=C3)CS2)c(NCCC(CC)CO)n1)OC. The summed E-state index contributed by atoms with van der Waals surface area (Å²) in [6, 6.07) is 0.282. The Morgan fingerprint density at radius 2 is 2.16 bits per heavy atom. The number of allylic oxidation sites excluding steroid dienone is 7. The third kappa shape index (κ3) is 8.20. The summed E-state index contributed by atoms with van der Waals surface area (Å²) >= 11 is 1.71. The monoisotopic (exact) mass is 522 g/mol. The van der Waals surface area contributed by atoms with Crippen LogP contribution in [0.5, 0.6) is 6.01 Å². The van der Waals surface area contributed by atoms with E-state index in [2.05, 4.69) is 42.0 Å². The van der Waals surface area contributed by atoms with Gasteiger partial charge in [0.05, 0.1) is 24.1 Å². The van der Waals surface area contributed by atoms with Crippen LogP contribution in [0.25, 0.3) is 0 Å². The van der Waals surface area contributed by atoms with E-state index in [4.69, 9.17) is 19.5 Å². The zero-order valence-corrected chi connectivity index (χ0v) is 23.1. The Labute approximate surface area is 224 Å². The lowest BCUT2D eigenvalue weighted by Gasteiger charge is -2.21. The zero-order valence-electron chi connectivity index (χ0n) is 22.2. The molecular weight excluding hydrogens is 484 g/mol. The Balaban J connectivity index is 1.92. The van der Waals surface area contributed by atoms with E-state index in [0.29, 0.717) is 18.1 Å². The van der Waals surface area contributed by atoms with E-state index in [-0.39, 0.29) is 24.6 Å². The van der Waals surface area contributed by atoms with Crippen LogP contribution in [0.1, 0.15) is 44.4 Å². The normalized spacial score (nSPS) is 17.2. The molecule has 2 heterocycles. The molecule has 37 heavy (non-hydrogen) atoms. The number of hydrogen-bond donors (Lipinski definition) is 2. The van der Waals surface area contributed by atoms with Gasteiger partial charge in [-0.05, 0) is 56.4 Å². The summed E-state index contributed by atoms with van der Waals surface area (Å²) in [4.78, 5) is 14.4. The maximum Gasteiger partial charge on any atom is 0.319 e. The predicted molar refractivity (Wildman–Crippen MR) is 154 cm³/mol. The minimum absolute atomic E-state index is 0.175. The molecule has 7 nitrogen and oxygen atoms in total. The first-order valence-electron chi connectivity index (χ1n) is 12.7. The molecule has 3 rings (SSSR count). The van der Waals surface area contributed by atoms with Crippen molar-refractivity contribution in [1.82, 2.24) is 9.97 Å². The smallest absolute Gasteiger partial charge is 0.319 e. The molecule has 0 radical (unpaired) electrons. The molecule has 1 aliphatic carbocycles. The molecule has 0 bridgehead atoms. The first-order valence-corrected chi connectivity index (χ1v) is 13.7. The molecule has 2 N–H and O–H groups in total. The summed E-state index contributed by atoms with van der Waals surface area (Å²) < 4.78 is 11.5. The van der Waals surface area contributed by atoms with Crippen molar-refractivity contribution in [3.63, 3.8) is 0 Å². The number of ether oxygens (including phenoxy) is 2. The molecule has 8 heteroatoms. The topological polar surface area (TPSA) is 88.9 Å². The number of aliphatic hydroxyl groups is 1. The van der Waals surface area contributed by atoms with Crippen molar-refractivity contribution < 1.29 is 14.6 Å². The number of anilines is 1. The van der Waals surface area contributed by atoms with Crippen LogP contribution in [0.4, 0.5) is 5.82 Å². The van der Waals surface area contributed by atoms with Crippen molar-refractivity contribution in [3.8, 4) is 6.01 Å². The maximum atomic E-state index is 9.61. The summed E-state index contributed by atoms with van der Waals surface area (Å²) in [5.41, 5.74) is 4.01. The zero-order chi connectivity index (χ0) is 26.6. The summed E-state index contributed by atoms with van der Waals surface area (Å²) in [6.45, 7) is 10.5. The Hall–Kier alpha value is -3.10. The summed E-state index contributed by atoms with van der Waals surface area (Å²) in [5, 5.41) is 14.0. The van der Waals surface area contributed by atoms with Crippen LogP contribution in [0.15, 0.2) is 77.2 Å². The summed E-state index contributed by atoms with van der Waals surface area (Å²) in [5.74, 6) is 2.48. The number of thioether (sulfide) groups is 1. The van der Waals surface area contributed by atoms with E-state index in [0.717, 1.165) is 47.0 Å².